The number of anilines is 2. The minimum absolute atomic E-state index is 0.0974. The molecule has 1 aromatic carbocycles. The summed E-state index contributed by atoms with van der Waals surface area (Å²) >= 11 is 1.50. The van der Waals surface area contributed by atoms with E-state index in [-0.39, 0.29) is 6.10 Å². The van der Waals surface area contributed by atoms with Crippen molar-refractivity contribution in [1.82, 2.24) is 20.1 Å². The Morgan fingerprint density at radius 2 is 2.13 bits per heavy atom. The summed E-state index contributed by atoms with van der Waals surface area (Å²) in [4.78, 5) is 7.12. The molecule has 31 heavy (non-hydrogen) atoms. The summed E-state index contributed by atoms with van der Waals surface area (Å²) in [5.41, 5.74) is 3.18. The Kier molecular flexibility index (Phi) is 7.08. The van der Waals surface area contributed by atoms with Gasteiger partial charge in [0.25, 0.3) is 0 Å². The predicted octanol–water partition coefficient (Wildman–Crippen LogP) is 3.71. The van der Waals surface area contributed by atoms with Crippen LogP contribution >= 0.6 is 11.3 Å². The maximum atomic E-state index is 6.05. The van der Waals surface area contributed by atoms with Crippen LogP contribution in [-0.2, 0) is 22.6 Å². The number of pyridine rings is 1. The lowest BCUT2D eigenvalue weighted by molar-refractivity contribution is -0.0351. The molecule has 3 aromatic rings. The maximum Gasteiger partial charge on any atom is 0.211 e. The van der Waals surface area contributed by atoms with Gasteiger partial charge in [-0.3, -0.25) is 4.90 Å². The van der Waals surface area contributed by atoms with E-state index in [0.717, 1.165) is 58.2 Å². The van der Waals surface area contributed by atoms with Crippen LogP contribution in [0.15, 0.2) is 36.4 Å². The molecule has 164 valence electrons. The molecule has 0 spiro atoms. The summed E-state index contributed by atoms with van der Waals surface area (Å²) in [5, 5.41) is 13.0. The molecule has 0 bridgehead atoms. The third-order valence-electron chi connectivity index (χ3n) is 5.06. The van der Waals surface area contributed by atoms with Crippen LogP contribution in [0.4, 0.5) is 10.9 Å². The van der Waals surface area contributed by atoms with Crippen molar-refractivity contribution in [3.63, 3.8) is 0 Å². The van der Waals surface area contributed by atoms with Gasteiger partial charge in [-0.1, -0.05) is 23.5 Å². The molecular weight excluding hydrogens is 414 g/mol. The normalized spacial score (nSPS) is 16.9. The highest BCUT2D eigenvalue weighted by molar-refractivity contribution is 7.15. The molecule has 1 atom stereocenters. The molecule has 1 fully saturated rings. The van der Waals surface area contributed by atoms with E-state index >= 15 is 0 Å². The van der Waals surface area contributed by atoms with Crippen LogP contribution in [0.3, 0.4) is 0 Å². The van der Waals surface area contributed by atoms with E-state index < -0.39 is 0 Å². The average Bonchev–Trinajstić information content (AvgIpc) is 3.19. The molecule has 0 amide bonds. The molecule has 1 unspecified atom stereocenters. The smallest absolute Gasteiger partial charge is 0.211 e. The van der Waals surface area contributed by atoms with Gasteiger partial charge in [0.05, 0.1) is 26.0 Å². The average molecular weight is 442 g/mol. The topological polar surface area (TPSA) is 81.6 Å². The summed E-state index contributed by atoms with van der Waals surface area (Å²) < 4.78 is 16.9. The van der Waals surface area contributed by atoms with Gasteiger partial charge >= 0.3 is 0 Å². The Bertz CT molecular complexity index is 1010. The molecule has 0 saturated carbocycles. The summed E-state index contributed by atoms with van der Waals surface area (Å²) in [6, 6.07) is 12.1. The van der Waals surface area contributed by atoms with Crippen molar-refractivity contribution in [3.05, 3.63) is 58.2 Å². The second-order valence-corrected chi connectivity index (χ2v) is 8.55. The summed E-state index contributed by atoms with van der Waals surface area (Å²) in [6.45, 7) is 5.56. The Labute approximate surface area is 186 Å². The van der Waals surface area contributed by atoms with Gasteiger partial charge in [-0.05, 0) is 36.8 Å². The van der Waals surface area contributed by atoms with Crippen molar-refractivity contribution >= 4 is 22.3 Å². The third-order valence-corrected chi connectivity index (χ3v) is 5.82. The number of nitrogens with zero attached hydrogens (tertiary/aromatic N) is 4. The van der Waals surface area contributed by atoms with Gasteiger partial charge in [0.2, 0.25) is 5.13 Å². The number of aryl methyl sites for hydroxylation is 1. The summed E-state index contributed by atoms with van der Waals surface area (Å²) in [6.07, 6.45) is -0.0974. The fourth-order valence-corrected chi connectivity index (χ4v) is 4.23. The van der Waals surface area contributed by atoms with Crippen molar-refractivity contribution in [1.29, 1.82) is 0 Å². The highest BCUT2D eigenvalue weighted by atomic mass is 32.1. The molecule has 1 aliphatic heterocycles. The number of aromatic nitrogens is 3. The van der Waals surface area contributed by atoms with Crippen molar-refractivity contribution in [2.75, 3.05) is 39.2 Å². The van der Waals surface area contributed by atoms with Crippen LogP contribution in [0.1, 0.15) is 27.9 Å². The number of morpholine rings is 1. The standard InChI is InChI=1S/C22H27N5O3S/c1-15-25-26-22(31-15)24-21-6-4-5-18(23-21)20-13-27(9-10-30-20)12-17-11-16(14-28-2)7-8-19(17)29-3/h4-8,11,20H,9-10,12-14H2,1-3H3,(H,23,24,26). The van der Waals surface area contributed by atoms with Crippen LogP contribution in [0, 0.1) is 6.92 Å². The van der Waals surface area contributed by atoms with Crippen LogP contribution < -0.4 is 10.1 Å². The van der Waals surface area contributed by atoms with Crippen molar-refractivity contribution < 1.29 is 14.2 Å². The second kappa shape index (κ2) is 10.1. The van der Waals surface area contributed by atoms with Crippen molar-refractivity contribution in [3.8, 4) is 5.75 Å². The van der Waals surface area contributed by atoms with E-state index in [2.05, 4.69) is 26.5 Å². The Morgan fingerprint density at radius 3 is 2.90 bits per heavy atom. The van der Waals surface area contributed by atoms with E-state index in [1.54, 1.807) is 14.2 Å². The molecule has 2 aromatic heterocycles. The molecule has 1 N–H and O–H groups in total. The summed E-state index contributed by atoms with van der Waals surface area (Å²) in [5.74, 6) is 1.63. The molecule has 3 heterocycles. The van der Waals surface area contributed by atoms with Gasteiger partial charge in [-0.15, -0.1) is 10.2 Å². The lowest BCUT2D eigenvalue weighted by Crippen LogP contribution is -2.38. The van der Waals surface area contributed by atoms with Crippen molar-refractivity contribution in [2.45, 2.75) is 26.2 Å². The number of ether oxygens (including phenoxy) is 3. The number of hydrogen-bond acceptors (Lipinski definition) is 9. The van der Waals surface area contributed by atoms with Gasteiger partial charge in [-0.2, -0.15) is 0 Å². The first kappa shape index (κ1) is 21.6. The van der Waals surface area contributed by atoms with E-state index in [1.807, 2.05) is 37.3 Å². The number of nitrogens with one attached hydrogen (secondary N) is 1. The lowest BCUT2D eigenvalue weighted by Gasteiger charge is -2.33. The lowest BCUT2D eigenvalue weighted by atomic mass is 10.1. The Morgan fingerprint density at radius 1 is 1.23 bits per heavy atom. The molecule has 1 aliphatic rings. The fraction of sp³-hybridized carbons (Fsp3) is 0.409. The number of methoxy groups -OCH3 is 2. The van der Waals surface area contributed by atoms with Crippen LogP contribution in [0.5, 0.6) is 5.75 Å². The number of hydrogen-bond donors (Lipinski definition) is 1. The Hall–Kier alpha value is -2.59. The number of benzene rings is 1. The zero-order valence-corrected chi connectivity index (χ0v) is 18.8. The second-order valence-electron chi connectivity index (χ2n) is 7.37. The monoisotopic (exact) mass is 441 g/mol. The van der Waals surface area contributed by atoms with E-state index in [4.69, 9.17) is 19.2 Å². The first-order valence-corrected chi connectivity index (χ1v) is 11.0. The predicted molar refractivity (Wildman–Crippen MR) is 120 cm³/mol. The van der Waals surface area contributed by atoms with Crippen molar-refractivity contribution in [2.24, 2.45) is 0 Å². The molecule has 1 saturated heterocycles. The van der Waals surface area contributed by atoms with Crippen LogP contribution in [-0.4, -0.2) is 54.0 Å². The first-order chi connectivity index (χ1) is 15.1. The van der Waals surface area contributed by atoms with E-state index in [9.17, 15) is 0 Å². The molecule has 0 aliphatic carbocycles. The minimum Gasteiger partial charge on any atom is -0.496 e. The van der Waals surface area contributed by atoms with Gasteiger partial charge < -0.3 is 19.5 Å². The van der Waals surface area contributed by atoms with Gasteiger partial charge in [-0.25, -0.2) is 4.98 Å². The Balaban J connectivity index is 1.45. The molecule has 4 rings (SSSR count). The maximum absolute atomic E-state index is 6.05. The molecule has 8 nitrogen and oxygen atoms in total. The zero-order valence-electron chi connectivity index (χ0n) is 18.0. The fourth-order valence-electron chi connectivity index (χ4n) is 3.63. The molecular formula is C22H27N5O3S. The van der Waals surface area contributed by atoms with Gasteiger partial charge in [0, 0.05) is 32.3 Å². The van der Waals surface area contributed by atoms with Gasteiger partial charge in [0.1, 0.15) is 22.7 Å². The molecule has 9 heteroatoms. The van der Waals surface area contributed by atoms with E-state index in [1.165, 1.54) is 11.3 Å². The SMILES string of the molecule is COCc1ccc(OC)c(CN2CCOC(c3cccc(Nc4nnc(C)s4)n3)C2)c1. The highest BCUT2D eigenvalue weighted by Crippen LogP contribution is 2.27. The van der Waals surface area contributed by atoms with E-state index in [0.29, 0.717) is 13.2 Å². The van der Waals surface area contributed by atoms with Crippen LogP contribution in [0.2, 0.25) is 0 Å². The summed E-state index contributed by atoms with van der Waals surface area (Å²) in [7, 11) is 3.41. The van der Waals surface area contributed by atoms with Gasteiger partial charge in [0.15, 0.2) is 0 Å². The third kappa shape index (κ3) is 5.56. The first-order valence-electron chi connectivity index (χ1n) is 10.2. The molecule has 0 radical (unpaired) electrons. The zero-order chi connectivity index (χ0) is 21.6. The highest BCUT2D eigenvalue weighted by Gasteiger charge is 2.24. The minimum atomic E-state index is -0.0974. The largest absolute Gasteiger partial charge is 0.496 e. The van der Waals surface area contributed by atoms with Crippen LogP contribution in [0.25, 0.3) is 0 Å². The number of rotatable bonds is 8. The quantitative estimate of drug-likeness (QED) is 0.567.